The summed E-state index contributed by atoms with van der Waals surface area (Å²) in [6.45, 7) is 2.42. The van der Waals surface area contributed by atoms with Crippen LogP contribution in [-0.4, -0.2) is 32.0 Å². The van der Waals surface area contributed by atoms with Gasteiger partial charge in [0.2, 0.25) is 0 Å². The molecule has 0 aliphatic carbocycles. The highest BCUT2D eigenvalue weighted by atomic mass is 127. The maximum atomic E-state index is 12.9. The van der Waals surface area contributed by atoms with Crippen molar-refractivity contribution in [2.24, 2.45) is 0 Å². The molecule has 0 bridgehead atoms. The molecule has 2 amide bonds. The molecule has 0 saturated carbocycles. The average molecular weight is 511 g/mol. The van der Waals surface area contributed by atoms with Gasteiger partial charge in [0.05, 0.1) is 35.0 Å². The minimum absolute atomic E-state index is 0.331. The molecular weight excluding hydrogens is 493 g/mol. The highest BCUT2D eigenvalue weighted by Gasteiger charge is 2.37. The van der Waals surface area contributed by atoms with Gasteiger partial charge in [0.15, 0.2) is 11.5 Å². The number of halogens is 1. The van der Waals surface area contributed by atoms with E-state index >= 15 is 0 Å². The fourth-order valence-corrected chi connectivity index (χ4v) is 4.36. The highest BCUT2D eigenvalue weighted by Crippen LogP contribution is 2.40. The third-order valence-corrected chi connectivity index (χ3v) is 5.63. The van der Waals surface area contributed by atoms with Gasteiger partial charge < -0.3 is 14.2 Å². The quantitative estimate of drug-likeness (QED) is 0.404. The van der Waals surface area contributed by atoms with Crippen LogP contribution >= 0.6 is 34.4 Å². The Balaban J connectivity index is 1.97. The summed E-state index contributed by atoms with van der Waals surface area (Å²) in [6.07, 6.45) is 1.68. The lowest BCUT2D eigenvalue weighted by atomic mass is 10.1. The standard InChI is InChI=1S/C20H18INO5S/c1-4-27-18-13(21)9-12(10-16(18)26-3)11-17-19(23)22(20(24)28-17)14-7-5-6-8-15(14)25-2/h5-11H,4H2,1-3H3/b17-11-. The number of methoxy groups -OCH3 is 2. The first kappa shape index (κ1) is 20.5. The fraction of sp³-hybridized carbons (Fsp3) is 0.200. The molecule has 2 aromatic carbocycles. The number of para-hydroxylation sites is 2. The molecule has 0 radical (unpaired) electrons. The summed E-state index contributed by atoms with van der Waals surface area (Å²) < 4.78 is 17.2. The van der Waals surface area contributed by atoms with Gasteiger partial charge in [-0.1, -0.05) is 12.1 Å². The molecule has 6 nitrogen and oxygen atoms in total. The van der Waals surface area contributed by atoms with E-state index in [1.54, 1.807) is 43.5 Å². The van der Waals surface area contributed by atoms with Crippen LogP contribution in [0.1, 0.15) is 12.5 Å². The van der Waals surface area contributed by atoms with E-state index in [1.807, 2.05) is 13.0 Å². The van der Waals surface area contributed by atoms with E-state index in [9.17, 15) is 9.59 Å². The lowest BCUT2D eigenvalue weighted by Gasteiger charge is -2.15. The number of rotatable bonds is 6. The Hall–Kier alpha value is -2.20. The number of hydrogen-bond donors (Lipinski definition) is 0. The van der Waals surface area contributed by atoms with E-state index in [1.165, 1.54) is 7.11 Å². The van der Waals surface area contributed by atoms with Gasteiger partial charge in [0, 0.05) is 0 Å². The first-order valence-electron chi connectivity index (χ1n) is 8.41. The van der Waals surface area contributed by atoms with Gasteiger partial charge in [0.25, 0.3) is 11.1 Å². The van der Waals surface area contributed by atoms with Gasteiger partial charge >= 0.3 is 0 Å². The molecule has 28 heavy (non-hydrogen) atoms. The lowest BCUT2D eigenvalue weighted by molar-refractivity contribution is -0.113. The SMILES string of the molecule is CCOc1c(I)cc(/C=C2\SC(=O)N(c3ccccc3OC)C2=O)cc1OC. The fourth-order valence-electron chi connectivity index (χ4n) is 2.75. The number of imide groups is 1. The second-order valence-electron chi connectivity index (χ2n) is 5.66. The Bertz CT molecular complexity index is 960. The van der Waals surface area contributed by atoms with Crippen molar-refractivity contribution in [1.82, 2.24) is 0 Å². The topological polar surface area (TPSA) is 65.1 Å². The van der Waals surface area contributed by atoms with Gasteiger partial charge in [-0.3, -0.25) is 9.59 Å². The van der Waals surface area contributed by atoms with Gasteiger partial charge in [-0.05, 0) is 77.2 Å². The number of benzene rings is 2. The molecule has 0 unspecified atom stereocenters. The third kappa shape index (κ3) is 3.97. The molecule has 1 heterocycles. The van der Waals surface area contributed by atoms with E-state index in [-0.39, 0.29) is 11.1 Å². The van der Waals surface area contributed by atoms with Crippen LogP contribution in [-0.2, 0) is 4.79 Å². The van der Waals surface area contributed by atoms with Gasteiger partial charge in [0.1, 0.15) is 5.75 Å². The average Bonchev–Trinajstić information content (AvgIpc) is 2.96. The molecule has 0 aromatic heterocycles. The van der Waals surface area contributed by atoms with Crippen molar-refractivity contribution in [2.45, 2.75) is 6.92 Å². The number of hydrogen-bond acceptors (Lipinski definition) is 6. The molecule has 0 spiro atoms. The van der Waals surface area contributed by atoms with Crippen molar-refractivity contribution in [3.63, 3.8) is 0 Å². The number of amides is 2. The molecule has 146 valence electrons. The van der Waals surface area contributed by atoms with Crippen LogP contribution in [0.5, 0.6) is 17.2 Å². The van der Waals surface area contributed by atoms with Crippen molar-refractivity contribution in [3.05, 3.63) is 50.4 Å². The van der Waals surface area contributed by atoms with Crippen LogP contribution in [0.4, 0.5) is 10.5 Å². The molecule has 1 fully saturated rings. The minimum Gasteiger partial charge on any atom is -0.495 e. The Morgan fingerprint density at radius 1 is 1.11 bits per heavy atom. The van der Waals surface area contributed by atoms with Crippen LogP contribution in [0.15, 0.2) is 41.3 Å². The van der Waals surface area contributed by atoms with Crippen molar-refractivity contribution in [2.75, 3.05) is 25.7 Å². The lowest BCUT2D eigenvalue weighted by Crippen LogP contribution is -2.28. The molecule has 1 aliphatic heterocycles. The summed E-state index contributed by atoms with van der Waals surface area (Å²) >= 11 is 3.05. The van der Waals surface area contributed by atoms with E-state index in [0.29, 0.717) is 34.4 Å². The van der Waals surface area contributed by atoms with Crippen LogP contribution < -0.4 is 19.1 Å². The van der Waals surface area contributed by atoms with E-state index in [0.717, 1.165) is 25.8 Å². The Morgan fingerprint density at radius 2 is 1.82 bits per heavy atom. The largest absolute Gasteiger partial charge is 0.495 e. The van der Waals surface area contributed by atoms with Crippen LogP contribution in [0, 0.1) is 3.57 Å². The summed E-state index contributed by atoms with van der Waals surface area (Å²) in [4.78, 5) is 26.9. The van der Waals surface area contributed by atoms with Crippen molar-refractivity contribution >= 4 is 57.3 Å². The normalized spacial score (nSPS) is 15.3. The number of nitrogens with zero attached hydrogens (tertiary/aromatic N) is 1. The second-order valence-corrected chi connectivity index (χ2v) is 7.81. The van der Waals surface area contributed by atoms with Gasteiger partial charge in [-0.2, -0.15) is 0 Å². The predicted molar refractivity (Wildman–Crippen MR) is 118 cm³/mol. The second kappa shape index (κ2) is 8.87. The van der Waals surface area contributed by atoms with Gasteiger partial charge in [-0.25, -0.2) is 4.90 Å². The minimum atomic E-state index is -0.387. The smallest absolute Gasteiger partial charge is 0.298 e. The monoisotopic (exact) mass is 511 g/mol. The predicted octanol–water partition coefficient (Wildman–Crippen LogP) is 4.95. The summed E-state index contributed by atoms with van der Waals surface area (Å²) in [5.41, 5.74) is 1.17. The number of ether oxygens (including phenoxy) is 3. The zero-order valence-electron chi connectivity index (χ0n) is 15.5. The molecule has 8 heteroatoms. The molecule has 1 aliphatic rings. The van der Waals surface area contributed by atoms with Crippen LogP contribution in [0.2, 0.25) is 0 Å². The maximum Gasteiger partial charge on any atom is 0.298 e. The number of anilines is 1. The molecule has 1 saturated heterocycles. The highest BCUT2D eigenvalue weighted by molar-refractivity contribution is 14.1. The third-order valence-electron chi connectivity index (χ3n) is 3.96. The zero-order valence-corrected chi connectivity index (χ0v) is 18.5. The van der Waals surface area contributed by atoms with Crippen molar-refractivity contribution in [1.29, 1.82) is 0 Å². The summed E-state index contributed by atoms with van der Waals surface area (Å²) in [7, 11) is 3.06. The Kier molecular flexibility index (Phi) is 6.50. The van der Waals surface area contributed by atoms with Gasteiger partial charge in [-0.15, -0.1) is 0 Å². The van der Waals surface area contributed by atoms with Crippen LogP contribution in [0.3, 0.4) is 0 Å². The summed E-state index contributed by atoms with van der Waals surface area (Å²) in [5, 5.41) is -0.367. The summed E-state index contributed by atoms with van der Waals surface area (Å²) in [6, 6.07) is 10.6. The number of carbonyl (C=O) groups is 2. The molecule has 0 N–H and O–H groups in total. The number of thioether (sulfide) groups is 1. The van der Waals surface area contributed by atoms with Crippen molar-refractivity contribution < 1.29 is 23.8 Å². The molecule has 3 rings (SSSR count). The maximum absolute atomic E-state index is 12.9. The van der Waals surface area contributed by atoms with E-state index in [2.05, 4.69) is 22.6 Å². The van der Waals surface area contributed by atoms with E-state index < -0.39 is 0 Å². The number of carbonyl (C=O) groups excluding carboxylic acids is 2. The molecule has 0 atom stereocenters. The first-order chi connectivity index (χ1) is 13.5. The zero-order chi connectivity index (χ0) is 20.3. The molecule has 2 aromatic rings. The van der Waals surface area contributed by atoms with Crippen molar-refractivity contribution in [3.8, 4) is 17.2 Å². The van der Waals surface area contributed by atoms with E-state index in [4.69, 9.17) is 14.2 Å². The van der Waals surface area contributed by atoms with Crippen LogP contribution in [0.25, 0.3) is 6.08 Å². The molecular formula is C20H18INO5S. The Labute approximate surface area is 181 Å². The summed E-state index contributed by atoms with van der Waals surface area (Å²) in [5.74, 6) is 1.31. The Morgan fingerprint density at radius 3 is 2.50 bits per heavy atom. The first-order valence-corrected chi connectivity index (χ1v) is 10.3.